The summed E-state index contributed by atoms with van der Waals surface area (Å²) in [7, 11) is 0. The first kappa shape index (κ1) is 16.8. The average molecular weight is 347 g/mol. The highest BCUT2D eigenvalue weighted by Gasteiger charge is 2.37. The summed E-state index contributed by atoms with van der Waals surface area (Å²) in [5.74, 6) is 0.558. The maximum atomic E-state index is 12.3. The predicted octanol–water partition coefficient (Wildman–Crippen LogP) is 2.36. The highest BCUT2D eigenvalue weighted by Crippen LogP contribution is 2.29. The second kappa shape index (κ2) is 7.70. The SMILES string of the molecule is O=C(CNC1(c2ncccn2)CCOCC1)Nc1cccc(Cl)c1. The van der Waals surface area contributed by atoms with Crippen LogP contribution >= 0.6 is 11.6 Å². The number of carbonyl (C=O) groups is 1. The number of hydrogen-bond donors (Lipinski definition) is 2. The van der Waals surface area contributed by atoms with E-state index in [0.29, 0.717) is 29.7 Å². The molecule has 0 saturated carbocycles. The fraction of sp³-hybridized carbons (Fsp3) is 0.353. The van der Waals surface area contributed by atoms with Crippen LogP contribution in [0.3, 0.4) is 0 Å². The zero-order valence-electron chi connectivity index (χ0n) is 13.2. The first-order chi connectivity index (χ1) is 11.7. The van der Waals surface area contributed by atoms with Gasteiger partial charge in [-0.1, -0.05) is 17.7 Å². The van der Waals surface area contributed by atoms with Gasteiger partial charge < -0.3 is 10.1 Å². The maximum Gasteiger partial charge on any atom is 0.238 e. The molecule has 24 heavy (non-hydrogen) atoms. The van der Waals surface area contributed by atoms with E-state index < -0.39 is 5.54 Å². The zero-order chi connectivity index (χ0) is 16.8. The summed E-state index contributed by atoms with van der Waals surface area (Å²) in [5.41, 5.74) is 0.233. The predicted molar refractivity (Wildman–Crippen MR) is 91.8 cm³/mol. The largest absolute Gasteiger partial charge is 0.381 e. The van der Waals surface area contributed by atoms with Crippen LogP contribution in [0.15, 0.2) is 42.7 Å². The number of rotatable bonds is 5. The third-order valence-electron chi connectivity index (χ3n) is 4.04. The fourth-order valence-corrected chi connectivity index (χ4v) is 2.96. The van der Waals surface area contributed by atoms with E-state index in [4.69, 9.17) is 16.3 Å². The van der Waals surface area contributed by atoms with E-state index >= 15 is 0 Å². The topological polar surface area (TPSA) is 76.1 Å². The van der Waals surface area contributed by atoms with Crippen molar-refractivity contribution >= 4 is 23.2 Å². The van der Waals surface area contributed by atoms with Crippen LogP contribution in [-0.4, -0.2) is 35.6 Å². The maximum absolute atomic E-state index is 12.3. The summed E-state index contributed by atoms with van der Waals surface area (Å²) >= 11 is 5.93. The Morgan fingerprint density at radius 1 is 1.21 bits per heavy atom. The average Bonchev–Trinajstić information content (AvgIpc) is 2.62. The number of amides is 1. The Bertz CT molecular complexity index is 690. The quantitative estimate of drug-likeness (QED) is 0.869. The Balaban J connectivity index is 1.66. The molecular weight excluding hydrogens is 328 g/mol. The van der Waals surface area contributed by atoms with E-state index in [1.54, 1.807) is 42.7 Å². The molecule has 1 aliphatic rings. The highest BCUT2D eigenvalue weighted by molar-refractivity contribution is 6.30. The van der Waals surface area contributed by atoms with Gasteiger partial charge in [0.05, 0.1) is 12.1 Å². The van der Waals surface area contributed by atoms with E-state index in [1.807, 2.05) is 0 Å². The molecule has 0 unspecified atom stereocenters. The Morgan fingerprint density at radius 3 is 2.67 bits per heavy atom. The van der Waals surface area contributed by atoms with Crippen LogP contribution in [0, 0.1) is 0 Å². The van der Waals surface area contributed by atoms with E-state index in [0.717, 1.165) is 12.8 Å². The lowest BCUT2D eigenvalue weighted by atomic mass is 9.89. The second-order valence-electron chi connectivity index (χ2n) is 5.68. The van der Waals surface area contributed by atoms with Crippen LogP contribution < -0.4 is 10.6 Å². The van der Waals surface area contributed by atoms with Gasteiger partial charge in [-0.05, 0) is 37.1 Å². The van der Waals surface area contributed by atoms with E-state index in [-0.39, 0.29) is 12.5 Å². The third kappa shape index (κ3) is 4.08. The molecule has 7 heteroatoms. The monoisotopic (exact) mass is 346 g/mol. The van der Waals surface area contributed by atoms with Crippen molar-refractivity contribution in [2.24, 2.45) is 0 Å². The third-order valence-corrected chi connectivity index (χ3v) is 4.27. The minimum atomic E-state index is -0.439. The molecule has 0 spiro atoms. The van der Waals surface area contributed by atoms with Gasteiger partial charge in [-0.15, -0.1) is 0 Å². The first-order valence-electron chi connectivity index (χ1n) is 7.84. The minimum Gasteiger partial charge on any atom is -0.381 e. The lowest BCUT2D eigenvalue weighted by Crippen LogP contribution is -2.50. The van der Waals surface area contributed by atoms with Crippen molar-refractivity contribution in [1.29, 1.82) is 0 Å². The van der Waals surface area contributed by atoms with Crippen LogP contribution in [0.5, 0.6) is 0 Å². The van der Waals surface area contributed by atoms with Crippen molar-refractivity contribution in [3.8, 4) is 0 Å². The number of hydrogen-bond acceptors (Lipinski definition) is 5. The van der Waals surface area contributed by atoms with Crippen LogP contribution in [0.4, 0.5) is 5.69 Å². The smallest absolute Gasteiger partial charge is 0.238 e. The van der Waals surface area contributed by atoms with Gasteiger partial charge in [0, 0.05) is 36.3 Å². The summed E-state index contributed by atoms with van der Waals surface area (Å²) < 4.78 is 5.45. The molecule has 1 aromatic carbocycles. The van der Waals surface area contributed by atoms with Gasteiger partial charge in [0.25, 0.3) is 0 Å². The van der Waals surface area contributed by atoms with Crippen LogP contribution in [0.25, 0.3) is 0 Å². The van der Waals surface area contributed by atoms with Crippen molar-refractivity contribution in [3.63, 3.8) is 0 Å². The van der Waals surface area contributed by atoms with Crippen molar-refractivity contribution in [1.82, 2.24) is 15.3 Å². The highest BCUT2D eigenvalue weighted by atomic mass is 35.5. The molecule has 3 rings (SSSR count). The number of aromatic nitrogens is 2. The van der Waals surface area contributed by atoms with Crippen LogP contribution in [0.1, 0.15) is 18.7 Å². The summed E-state index contributed by atoms with van der Waals surface area (Å²) in [6, 6.07) is 8.85. The first-order valence-corrected chi connectivity index (χ1v) is 8.21. The molecule has 126 valence electrons. The lowest BCUT2D eigenvalue weighted by Gasteiger charge is -2.36. The Labute approximate surface area is 145 Å². The summed E-state index contributed by atoms with van der Waals surface area (Å²) in [6.45, 7) is 1.38. The number of benzene rings is 1. The molecule has 0 aliphatic carbocycles. The molecule has 2 N–H and O–H groups in total. The van der Waals surface area contributed by atoms with Gasteiger partial charge in [-0.3, -0.25) is 10.1 Å². The van der Waals surface area contributed by atoms with Crippen molar-refractivity contribution in [2.45, 2.75) is 18.4 Å². The molecule has 1 saturated heterocycles. The lowest BCUT2D eigenvalue weighted by molar-refractivity contribution is -0.116. The van der Waals surface area contributed by atoms with Gasteiger partial charge in [0.1, 0.15) is 5.82 Å². The summed E-state index contributed by atoms with van der Waals surface area (Å²) in [5, 5.41) is 6.75. The van der Waals surface area contributed by atoms with Crippen molar-refractivity contribution < 1.29 is 9.53 Å². The van der Waals surface area contributed by atoms with Gasteiger partial charge >= 0.3 is 0 Å². The van der Waals surface area contributed by atoms with Crippen molar-refractivity contribution in [2.75, 3.05) is 25.1 Å². The van der Waals surface area contributed by atoms with Gasteiger partial charge in [0.15, 0.2) is 0 Å². The Morgan fingerprint density at radius 2 is 1.96 bits per heavy atom. The number of nitrogens with one attached hydrogen (secondary N) is 2. The van der Waals surface area contributed by atoms with Crippen LogP contribution in [0.2, 0.25) is 5.02 Å². The molecule has 1 aromatic heterocycles. The van der Waals surface area contributed by atoms with Crippen LogP contribution in [-0.2, 0) is 15.1 Å². The van der Waals surface area contributed by atoms with Gasteiger partial charge in [0.2, 0.25) is 5.91 Å². The molecule has 2 aromatic rings. The molecular formula is C17H19ClN4O2. The van der Waals surface area contributed by atoms with E-state index in [9.17, 15) is 4.79 Å². The fourth-order valence-electron chi connectivity index (χ4n) is 2.77. The number of ether oxygens (including phenoxy) is 1. The molecule has 0 radical (unpaired) electrons. The van der Waals surface area contributed by atoms with E-state index in [1.165, 1.54) is 0 Å². The van der Waals surface area contributed by atoms with Gasteiger partial charge in [-0.2, -0.15) is 0 Å². The molecule has 2 heterocycles. The summed E-state index contributed by atoms with van der Waals surface area (Å²) in [6.07, 6.45) is 4.88. The minimum absolute atomic E-state index is 0.140. The molecule has 1 aliphatic heterocycles. The molecule has 0 bridgehead atoms. The molecule has 1 fully saturated rings. The number of carbonyl (C=O) groups excluding carboxylic acids is 1. The zero-order valence-corrected chi connectivity index (χ0v) is 13.9. The Hall–Kier alpha value is -2.02. The number of nitrogens with zero attached hydrogens (tertiary/aromatic N) is 2. The number of halogens is 1. The summed E-state index contributed by atoms with van der Waals surface area (Å²) in [4.78, 5) is 21.0. The van der Waals surface area contributed by atoms with Crippen molar-refractivity contribution in [3.05, 3.63) is 53.6 Å². The standard InChI is InChI=1S/C17H19ClN4O2/c18-13-3-1-4-14(11-13)22-15(23)12-21-17(5-9-24-10-6-17)16-19-7-2-8-20-16/h1-4,7-8,11,21H,5-6,9-10,12H2,(H,22,23). The molecule has 1 amide bonds. The molecule has 6 nitrogen and oxygen atoms in total. The van der Waals surface area contributed by atoms with Gasteiger partial charge in [-0.25, -0.2) is 9.97 Å². The Kier molecular flexibility index (Phi) is 5.40. The molecule has 0 atom stereocenters. The second-order valence-corrected chi connectivity index (χ2v) is 6.12. The normalized spacial score (nSPS) is 16.5. The number of anilines is 1. The van der Waals surface area contributed by atoms with E-state index in [2.05, 4.69) is 20.6 Å².